The van der Waals surface area contributed by atoms with E-state index in [1.807, 2.05) is 0 Å². The van der Waals surface area contributed by atoms with Gasteiger partial charge in [0, 0.05) is 6.20 Å². The van der Waals surface area contributed by atoms with Crippen molar-refractivity contribution in [3.8, 4) is 0 Å². The lowest BCUT2D eigenvalue weighted by Crippen LogP contribution is -2.04. The summed E-state index contributed by atoms with van der Waals surface area (Å²) in [7, 11) is 0. The first-order valence-electron chi connectivity index (χ1n) is 2.77. The van der Waals surface area contributed by atoms with Crippen molar-refractivity contribution in [3.05, 3.63) is 28.5 Å². The molecule has 0 atom stereocenters. The van der Waals surface area contributed by atoms with Crippen LogP contribution in [0.2, 0.25) is 5.15 Å². The SMILES string of the molecule is O=C(O)c1cnc(Cl)c(F)c1F. The first-order chi connectivity index (χ1) is 5.54. The third-order valence-corrected chi connectivity index (χ3v) is 1.41. The van der Waals surface area contributed by atoms with E-state index in [1.165, 1.54) is 0 Å². The molecule has 1 heterocycles. The molecule has 3 nitrogen and oxygen atoms in total. The van der Waals surface area contributed by atoms with E-state index in [4.69, 9.17) is 16.7 Å². The van der Waals surface area contributed by atoms with Crippen molar-refractivity contribution in [3.63, 3.8) is 0 Å². The normalized spacial score (nSPS) is 9.92. The van der Waals surface area contributed by atoms with E-state index in [0.717, 1.165) is 0 Å². The number of nitrogens with zero attached hydrogens (tertiary/aromatic N) is 1. The van der Waals surface area contributed by atoms with Crippen LogP contribution in [0.25, 0.3) is 0 Å². The highest BCUT2D eigenvalue weighted by molar-refractivity contribution is 6.29. The van der Waals surface area contributed by atoms with Crippen LogP contribution in [0.4, 0.5) is 8.78 Å². The van der Waals surface area contributed by atoms with Crippen molar-refractivity contribution in [1.29, 1.82) is 0 Å². The standard InChI is InChI=1S/C6H2ClF2NO2/c7-5-4(9)3(8)2(1-10-5)6(11)12/h1H,(H,11,12). The molecule has 1 aromatic rings. The van der Waals surface area contributed by atoms with Crippen LogP contribution < -0.4 is 0 Å². The highest BCUT2D eigenvalue weighted by Gasteiger charge is 2.17. The summed E-state index contributed by atoms with van der Waals surface area (Å²) in [5, 5.41) is 7.61. The van der Waals surface area contributed by atoms with Gasteiger partial charge in [0.2, 0.25) is 0 Å². The molecule has 6 heteroatoms. The van der Waals surface area contributed by atoms with Crippen molar-refractivity contribution in [2.45, 2.75) is 0 Å². The highest BCUT2D eigenvalue weighted by atomic mass is 35.5. The van der Waals surface area contributed by atoms with Crippen molar-refractivity contribution in [2.75, 3.05) is 0 Å². The molecule has 0 amide bonds. The summed E-state index contributed by atoms with van der Waals surface area (Å²) in [6, 6.07) is 0. The van der Waals surface area contributed by atoms with E-state index in [1.54, 1.807) is 0 Å². The smallest absolute Gasteiger partial charge is 0.340 e. The zero-order chi connectivity index (χ0) is 9.30. The fourth-order valence-corrected chi connectivity index (χ4v) is 0.724. The van der Waals surface area contributed by atoms with Crippen LogP contribution in [0, 0.1) is 11.6 Å². The number of aromatic nitrogens is 1. The molecule has 1 aromatic heterocycles. The molecule has 0 saturated carbocycles. The number of hydrogen-bond donors (Lipinski definition) is 1. The topological polar surface area (TPSA) is 50.2 Å². The second-order valence-corrected chi connectivity index (χ2v) is 2.25. The Kier molecular flexibility index (Phi) is 2.23. The Morgan fingerprint density at radius 1 is 1.50 bits per heavy atom. The van der Waals surface area contributed by atoms with Crippen molar-refractivity contribution < 1.29 is 18.7 Å². The van der Waals surface area contributed by atoms with Crippen LogP contribution in [0.3, 0.4) is 0 Å². The molecule has 0 bridgehead atoms. The van der Waals surface area contributed by atoms with Gasteiger partial charge in [-0.25, -0.2) is 18.6 Å². The second-order valence-electron chi connectivity index (χ2n) is 1.90. The van der Waals surface area contributed by atoms with E-state index in [0.29, 0.717) is 6.20 Å². The first-order valence-corrected chi connectivity index (χ1v) is 3.14. The summed E-state index contributed by atoms with van der Waals surface area (Å²) in [5.41, 5.74) is -0.836. The lowest BCUT2D eigenvalue weighted by molar-refractivity contribution is 0.0690. The second kappa shape index (κ2) is 3.02. The van der Waals surface area contributed by atoms with E-state index in [9.17, 15) is 13.6 Å². The minimum Gasteiger partial charge on any atom is -0.478 e. The van der Waals surface area contributed by atoms with Crippen LogP contribution >= 0.6 is 11.6 Å². The van der Waals surface area contributed by atoms with Crippen LogP contribution in [-0.2, 0) is 0 Å². The van der Waals surface area contributed by atoms with E-state index < -0.39 is 28.3 Å². The zero-order valence-corrected chi connectivity index (χ0v) is 6.27. The van der Waals surface area contributed by atoms with E-state index in [-0.39, 0.29) is 0 Å². The molecule has 0 fully saturated rings. The Hall–Kier alpha value is -1.23. The maximum absolute atomic E-state index is 12.6. The average molecular weight is 194 g/mol. The molecule has 0 aliphatic heterocycles. The summed E-state index contributed by atoms with van der Waals surface area (Å²) in [6.45, 7) is 0. The monoisotopic (exact) mass is 193 g/mol. The van der Waals surface area contributed by atoms with Crippen LogP contribution in [0.1, 0.15) is 10.4 Å². The molecule has 0 radical (unpaired) electrons. The number of carboxylic acid groups (broad SMARTS) is 1. The van der Waals surface area contributed by atoms with Gasteiger partial charge in [0.25, 0.3) is 0 Å². The largest absolute Gasteiger partial charge is 0.478 e. The maximum atomic E-state index is 12.6. The van der Waals surface area contributed by atoms with Crippen LogP contribution in [0.15, 0.2) is 6.20 Å². The Morgan fingerprint density at radius 3 is 2.58 bits per heavy atom. The fraction of sp³-hybridized carbons (Fsp3) is 0. The van der Waals surface area contributed by atoms with Crippen molar-refractivity contribution >= 4 is 17.6 Å². The molecule has 1 N–H and O–H groups in total. The number of pyridine rings is 1. The van der Waals surface area contributed by atoms with Gasteiger partial charge in [-0.05, 0) is 0 Å². The fourth-order valence-electron chi connectivity index (χ4n) is 0.592. The minimum atomic E-state index is -1.59. The maximum Gasteiger partial charge on any atom is 0.340 e. The predicted molar refractivity (Wildman–Crippen MR) is 36.1 cm³/mol. The van der Waals surface area contributed by atoms with Gasteiger partial charge >= 0.3 is 5.97 Å². The van der Waals surface area contributed by atoms with Gasteiger partial charge in [0.15, 0.2) is 16.8 Å². The molecule has 0 aliphatic rings. The third-order valence-electron chi connectivity index (χ3n) is 1.15. The number of rotatable bonds is 1. The Bertz CT molecular complexity index is 343. The Morgan fingerprint density at radius 2 is 2.08 bits per heavy atom. The van der Waals surface area contributed by atoms with E-state index >= 15 is 0 Å². The van der Waals surface area contributed by atoms with Gasteiger partial charge in [-0.1, -0.05) is 11.6 Å². The third kappa shape index (κ3) is 1.35. The summed E-state index contributed by atoms with van der Waals surface area (Å²) < 4.78 is 25.2. The lowest BCUT2D eigenvalue weighted by Gasteiger charge is -1.98. The quantitative estimate of drug-likeness (QED) is 0.691. The Labute approximate surface area is 70.6 Å². The van der Waals surface area contributed by atoms with Crippen LogP contribution in [-0.4, -0.2) is 16.1 Å². The summed E-state index contributed by atoms with van der Waals surface area (Å²) in [6.07, 6.45) is 0.656. The molecule has 64 valence electrons. The van der Waals surface area contributed by atoms with Crippen molar-refractivity contribution in [1.82, 2.24) is 4.98 Å². The summed E-state index contributed by atoms with van der Waals surface area (Å²) >= 11 is 5.07. The number of carboxylic acids is 1. The van der Waals surface area contributed by atoms with Gasteiger partial charge in [0.1, 0.15) is 5.56 Å². The zero-order valence-electron chi connectivity index (χ0n) is 5.51. The number of aromatic carboxylic acids is 1. The van der Waals surface area contributed by atoms with Gasteiger partial charge in [0.05, 0.1) is 0 Å². The van der Waals surface area contributed by atoms with Gasteiger partial charge in [-0.15, -0.1) is 0 Å². The number of hydrogen-bond acceptors (Lipinski definition) is 2. The summed E-state index contributed by atoms with van der Waals surface area (Å²) in [5.74, 6) is -4.53. The van der Waals surface area contributed by atoms with Gasteiger partial charge in [-0.2, -0.15) is 0 Å². The molecule has 0 aromatic carbocycles. The van der Waals surface area contributed by atoms with E-state index in [2.05, 4.69) is 4.98 Å². The number of carbonyl (C=O) groups is 1. The van der Waals surface area contributed by atoms with Gasteiger partial charge in [-0.3, -0.25) is 0 Å². The molecule has 0 saturated heterocycles. The highest BCUT2D eigenvalue weighted by Crippen LogP contribution is 2.17. The van der Waals surface area contributed by atoms with Crippen LogP contribution in [0.5, 0.6) is 0 Å². The number of halogens is 3. The molecule has 0 aliphatic carbocycles. The van der Waals surface area contributed by atoms with Gasteiger partial charge < -0.3 is 5.11 Å². The first kappa shape index (κ1) is 8.86. The lowest BCUT2D eigenvalue weighted by atomic mass is 10.3. The molecular weight excluding hydrogens is 192 g/mol. The molecule has 0 spiro atoms. The van der Waals surface area contributed by atoms with Crippen molar-refractivity contribution in [2.24, 2.45) is 0 Å². The molecule has 12 heavy (non-hydrogen) atoms. The molecular formula is C6H2ClF2NO2. The molecule has 1 rings (SSSR count). The minimum absolute atomic E-state index is 0.656. The summed E-state index contributed by atoms with van der Waals surface area (Å²) in [4.78, 5) is 13.3. The predicted octanol–water partition coefficient (Wildman–Crippen LogP) is 1.71. The molecule has 0 unspecified atom stereocenters. The average Bonchev–Trinajstić information content (AvgIpc) is 2.00. The Balaban J connectivity index is 3.36.